The summed E-state index contributed by atoms with van der Waals surface area (Å²) in [4.78, 5) is 28.7. The molecule has 0 atom stereocenters. The van der Waals surface area contributed by atoms with E-state index >= 15 is 0 Å². The fraction of sp³-hybridized carbons (Fsp3) is 0.0952. The van der Waals surface area contributed by atoms with Gasteiger partial charge in [-0.25, -0.2) is 8.42 Å². The summed E-state index contributed by atoms with van der Waals surface area (Å²) in [5, 5.41) is 5.35. The molecule has 2 amide bonds. The molecule has 1 aromatic heterocycles. The summed E-state index contributed by atoms with van der Waals surface area (Å²) in [6, 6.07) is 17.6. The van der Waals surface area contributed by atoms with E-state index in [4.69, 9.17) is 0 Å². The predicted molar refractivity (Wildman–Crippen MR) is 114 cm³/mol. The van der Waals surface area contributed by atoms with Gasteiger partial charge < -0.3 is 10.6 Å². The van der Waals surface area contributed by atoms with Crippen LogP contribution >= 0.6 is 0 Å². The highest BCUT2D eigenvalue weighted by Gasteiger charge is 2.22. The minimum Gasteiger partial charge on any atom is -0.325 e. The van der Waals surface area contributed by atoms with E-state index in [1.807, 2.05) is 0 Å². The highest BCUT2D eigenvalue weighted by molar-refractivity contribution is 7.89. The summed E-state index contributed by atoms with van der Waals surface area (Å²) in [6.07, 6.45) is 3.12. The van der Waals surface area contributed by atoms with Crippen LogP contribution in [0.5, 0.6) is 0 Å². The van der Waals surface area contributed by atoms with Gasteiger partial charge in [0.2, 0.25) is 15.9 Å². The molecule has 0 bridgehead atoms. The molecule has 0 fully saturated rings. The minimum absolute atomic E-state index is 0.107. The number of aromatic nitrogens is 1. The number of carbonyl (C=O) groups excluding carboxylic acids is 2. The standard InChI is InChI=1S/C21H20N4O4S/c1-25(30(28,29)19-8-3-2-4-9-19)15-20(26)23-18-7-5-6-16(14-18)21(27)24-17-10-12-22-13-11-17/h2-14H,15H2,1H3,(H,23,26)(H,22,24,27). The number of nitrogens with one attached hydrogen (secondary N) is 2. The van der Waals surface area contributed by atoms with Gasteiger partial charge in [-0.1, -0.05) is 24.3 Å². The molecule has 0 aliphatic carbocycles. The molecular weight excluding hydrogens is 404 g/mol. The van der Waals surface area contributed by atoms with Gasteiger partial charge in [0.1, 0.15) is 0 Å². The van der Waals surface area contributed by atoms with Crippen LogP contribution in [0.3, 0.4) is 0 Å². The molecule has 1 heterocycles. The van der Waals surface area contributed by atoms with Crippen molar-refractivity contribution in [3.8, 4) is 0 Å². The highest BCUT2D eigenvalue weighted by Crippen LogP contribution is 2.15. The average molecular weight is 424 g/mol. The van der Waals surface area contributed by atoms with Crippen molar-refractivity contribution in [2.45, 2.75) is 4.90 Å². The van der Waals surface area contributed by atoms with Gasteiger partial charge in [-0.3, -0.25) is 14.6 Å². The van der Waals surface area contributed by atoms with Crippen molar-refractivity contribution >= 4 is 33.2 Å². The van der Waals surface area contributed by atoms with Crippen molar-refractivity contribution in [3.63, 3.8) is 0 Å². The molecule has 0 aliphatic rings. The summed E-state index contributed by atoms with van der Waals surface area (Å²) in [7, 11) is -2.45. The molecule has 154 valence electrons. The maximum Gasteiger partial charge on any atom is 0.255 e. The summed E-state index contributed by atoms with van der Waals surface area (Å²) >= 11 is 0. The Balaban J connectivity index is 1.64. The molecule has 2 N–H and O–H groups in total. The lowest BCUT2D eigenvalue weighted by Gasteiger charge is -2.17. The first kappa shape index (κ1) is 21.2. The number of nitrogens with zero attached hydrogens (tertiary/aromatic N) is 2. The third-order valence-electron chi connectivity index (χ3n) is 4.16. The van der Waals surface area contributed by atoms with E-state index < -0.39 is 15.9 Å². The number of rotatable bonds is 7. The topological polar surface area (TPSA) is 108 Å². The monoisotopic (exact) mass is 424 g/mol. The van der Waals surface area contributed by atoms with Gasteiger partial charge in [0, 0.05) is 36.4 Å². The molecule has 0 radical (unpaired) electrons. The van der Waals surface area contributed by atoms with Crippen molar-refractivity contribution < 1.29 is 18.0 Å². The van der Waals surface area contributed by atoms with E-state index in [9.17, 15) is 18.0 Å². The number of sulfonamides is 1. The predicted octanol–water partition coefficient (Wildman–Crippen LogP) is 2.59. The number of likely N-dealkylation sites (N-methyl/N-ethyl adjacent to an activating group) is 1. The van der Waals surface area contributed by atoms with E-state index in [0.29, 0.717) is 16.9 Å². The van der Waals surface area contributed by atoms with Gasteiger partial charge in [0.15, 0.2) is 0 Å². The molecule has 3 aromatic rings. The fourth-order valence-electron chi connectivity index (χ4n) is 2.64. The third-order valence-corrected chi connectivity index (χ3v) is 5.98. The summed E-state index contributed by atoms with van der Waals surface area (Å²) < 4.78 is 26.0. The van der Waals surface area contributed by atoms with Crippen LogP contribution in [-0.2, 0) is 14.8 Å². The van der Waals surface area contributed by atoms with Gasteiger partial charge in [-0.05, 0) is 42.5 Å². The Kier molecular flexibility index (Phi) is 6.55. The Bertz CT molecular complexity index is 1140. The number of amides is 2. The van der Waals surface area contributed by atoms with Crippen LogP contribution in [0, 0.1) is 0 Å². The summed E-state index contributed by atoms with van der Waals surface area (Å²) in [5.41, 5.74) is 1.32. The molecule has 0 aliphatic heterocycles. The molecule has 0 spiro atoms. The van der Waals surface area contributed by atoms with Crippen molar-refractivity contribution in [1.82, 2.24) is 9.29 Å². The average Bonchev–Trinajstić information content (AvgIpc) is 2.75. The molecule has 30 heavy (non-hydrogen) atoms. The van der Waals surface area contributed by atoms with Gasteiger partial charge in [-0.2, -0.15) is 4.31 Å². The highest BCUT2D eigenvalue weighted by atomic mass is 32.2. The summed E-state index contributed by atoms with van der Waals surface area (Å²) in [6.45, 7) is -0.370. The fourth-order valence-corrected chi connectivity index (χ4v) is 3.79. The van der Waals surface area contributed by atoms with Crippen LogP contribution in [-0.4, -0.2) is 43.1 Å². The second-order valence-electron chi connectivity index (χ2n) is 6.39. The molecule has 8 nitrogen and oxygen atoms in total. The van der Waals surface area contributed by atoms with Crippen molar-refractivity contribution in [3.05, 3.63) is 84.7 Å². The number of hydrogen-bond donors (Lipinski definition) is 2. The number of pyridine rings is 1. The molecule has 3 rings (SSSR count). The molecule has 0 unspecified atom stereocenters. The molecule has 2 aromatic carbocycles. The first-order valence-corrected chi connectivity index (χ1v) is 10.4. The van der Waals surface area contributed by atoms with Gasteiger partial charge in [0.05, 0.1) is 11.4 Å². The third kappa shape index (κ3) is 5.28. The summed E-state index contributed by atoms with van der Waals surface area (Å²) in [5.74, 6) is -0.871. The number of anilines is 2. The number of benzene rings is 2. The Labute approximate surface area is 174 Å². The van der Waals surface area contributed by atoms with E-state index in [1.165, 1.54) is 25.2 Å². The lowest BCUT2D eigenvalue weighted by Crippen LogP contribution is -2.35. The zero-order valence-corrected chi connectivity index (χ0v) is 17.0. The Morgan fingerprint density at radius 3 is 2.30 bits per heavy atom. The minimum atomic E-state index is -3.78. The Morgan fingerprint density at radius 1 is 0.900 bits per heavy atom. The maximum atomic E-state index is 12.5. The van der Waals surface area contributed by atoms with Crippen LogP contribution in [0.15, 0.2) is 84.0 Å². The molecule has 0 saturated carbocycles. The van der Waals surface area contributed by atoms with Crippen LogP contribution in [0.4, 0.5) is 11.4 Å². The smallest absolute Gasteiger partial charge is 0.255 e. The van der Waals surface area contributed by atoms with Crippen molar-refractivity contribution in [2.75, 3.05) is 24.2 Å². The van der Waals surface area contributed by atoms with Gasteiger partial charge >= 0.3 is 0 Å². The zero-order chi connectivity index (χ0) is 21.6. The normalized spacial score (nSPS) is 11.1. The molecule has 9 heteroatoms. The van der Waals surface area contributed by atoms with E-state index in [1.54, 1.807) is 60.9 Å². The number of hydrogen-bond acceptors (Lipinski definition) is 5. The van der Waals surface area contributed by atoms with Crippen LogP contribution in [0.2, 0.25) is 0 Å². The SMILES string of the molecule is CN(CC(=O)Nc1cccc(C(=O)Nc2ccncc2)c1)S(=O)(=O)c1ccccc1. The van der Waals surface area contributed by atoms with E-state index in [0.717, 1.165) is 4.31 Å². The quantitative estimate of drug-likeness (QED) is 0.606. The number of carbonyl (C=O) groups is 2. The van der Waals surface area contributed by atoms with Crippen molar-refractivity contribution in [2.24, 2.45) is 0 Å². The Hall–Kier alpha value is -3.56. The zero-order valence-electron chi connectivity index (χ0n) is 16.1. The van der Waals surface area contributed by atoms with E-state index in [2.05, 4.69) is 15.6 Å². The maximum absolute atomic E-state index is 12.5. The molecule has 0 saturated heterocycles. The first-order chi connectivity index (χ1) is 14.4. The van der Waals surface area contributed by atoms with Gasteiger partial charge in [0.25, 0.3) is 5.91 Å². The van der Waals surface area contributed by atoms with Gasteiger partial charge in [-0.15, -0.1) is 0 Å². The first-order valence-electron chi connectivity index (χ1n) is 8.99. The second kappa shape index (κ2) is 9.29. The van der Waals surface area contributed by atoms with Crippen LogP contribution < -0.4 is 10.6 Å². The Morgan fingerprint density at radius 2 is 1.60 bits per heavy atom. The van der Waals surface area contributed by atoms with Crippen LogP contribution in [0.1, 0.15) is 10.4 Å². The van der Waals surface area contributed by atoms with E-state index in [-0.39, 0.29) is 17.3 Å². The lowest BCUT2D eigenvalue weighted by molar-refractivity contribution is -0.116. The molecular formula is C21H20N4O4S. The largest absolute Gasteiger partial charge is 0.325 e. The second-order valence-corrected chi connectivity index (χ2v) is 8.44. The van der Waals surface area contributed by atoms with Crippen molar-refractivity contribution in [1.29, 1.82) is 0 Å². The van der Waals surface area contributed by atoms with Crippen LogP contribution in [0.25, 0.3) is 0 Å². The lowest BCUT2D eigenvalue weighted by atomic mass is 10.2.